The second-order valence-corrected chi connectivity index (χ2v) is 8.14. The molecule has 136 valence electrons. The van der Waals surface area contributed by atoms with Crippen LogP contribution >= 0.6 is 22.7 Å². The zero-order valence-electron chi connectivity index (χ0n) is 14.5. The number of hydrogen-bond donors (Lipinski definition) is 0. The minimum atomic E-state index is -0.872. The number of para-hydroxylation sites is 1. The second kappa shape index (κ2) is 6.75. The molecule has 3 heterocycles. The molecular weight excluding hydrogens is 384 g/mol. The molecule has 27 heavy (non-hydrogen) atoms. The maximum absolute atomic E-state index is 13.0. The van der Waals surface area contributed by atoms with E-state index in [1.807, 2.05) is 13.0 Å². The van der Waals surface area contributed by atoms with Crippen molar-refractivity contribution >= 4 is 56.4 Å². The summed E-state index contributed by atoms with van der Waals surface area (Å²) in [5, 5.41) is 1.02. The van der Waals surface area contributed by atoms with Gasteiger partial charge in [0.2, 0.25) is 5.43 Å². The molecule has 0 saturated carbocycles. The van der Waals surface area contributed by atoms with E-state index in [-0.39, 0.29) is 16.9 Å². The van der Waals surface area contributed by atoms with Crippen molar-refractivity contribution in [3.8, 4) is 9.75 Å². The Kier molecular flexibility index (Phi) is 4.41. The summed E-state index contributed by atoms with van der Waals surface area (Å²) in [5.41, 5.74) is 1.01. The van der Waals surface area contributed by atoms with Gasteiger partial charge in [0.05, 0.1) is 27.1 Å². The fourth-order valence-corrected chi connectivity index (χ4v) is 5.03. The Hall–Kier alpha value is -2.77. The molecule has 0 N–H and O–H groups in total. The summed E-state index contributed by atoms with van der Waals surface area (Å²) in [6.45, 7) is 3.69. The Morgan fingerprint density at radius 2 is 1.89 bits per heavy atom. The van der Waals surface area contributed by atoms with Gasteiger partial charge >= 0.3 is 5.97 Å². The standard InChI is InChI=1S/C20H14O5S2/c1-3-24-20(23)17(22)13-8-9-14(27-13)19-15-16(21)11-6-4-5-7-12(11)25-18(15)10(2)26-19/h4-9H,3H2,1-2H3. The van der Waals surface area contributed by atoms with Gasteiger partial charge < -0.3 is 9.15 Å². The van der Waals surface area contributed by atoms with Crippen LogP contribution in [0.4, 0.5) is 0 Å². The number of ketones is 1. The first-order valence-corrected chi connectivity index (χ1v) is 9.91. The maximum Gasteiger partial charge on any atom is 0.380 e. The lowest BCUT2D eigenvalue weighted by Gasteiger charge is -1.99. The molecule has 0 radical (unpaired) electrons. The van der Waals surface area contributed by atoms with E-state index in [1.54, 1.807) is 37.3 Å². The SMILES string of the molecule is CCOC(=O)C(=O)c1ccc(-c2sc(C)c3oc4ccccc4c(=O)c23)s1. The minimum absolute atomic E-state index is 0.0992. The summed E-state index contributed by atoms with van der Waals surface area (Å²) in [6, 6.07) is 10.5. The van der Waals surface area contributed by atoms with Gasteiger partial charge in [-0.2, -0.15) is 0 Å². The molecule has 3 aromatic heterocycles. The molecule has 1 aromatic carbocycles. The van der Waals surface area contributed by atoms with Crippen LogP contribution in [0.2, 0.25) is 0 Å². The topological polar surface area (TPSA) is 73.6 Å². The lowest BCUT2D eigenvalue weighted by Crippen LogP contribution is -2.16. The third kappa shape index (κ3) is 2.89. The molecular formula is C20H14O5S2. The van der Waals surface area contributed by atoms with E-state index in [9.17, 15) is 14.4 Å². The highest BCUT2D eigenvalue weighted by Gasteiger charge is 2.23. The van der Waals surface area contributed by atoms with Crippen molar-refractivity contribution in [2.24, 2.45) is 0 Å². The number of carbonyl (C=O) groups excluding carboxylic acids is 2. The number of rotatable bonds is 4. The van der Waals surface area contributed by atoms with Crippen molar-refractivity contribution in [3.63, 3.8) is 0 Å². The number of Topliss-reactive ketones (excluding diaryl/α,β-unsaturated/α-hetero) is 1. The Labute approximate surface area is 161 Å². The Morgan fingerprint density at radius 1 is 1.11 bits per heavy atom. The van der Waals surface area contributed by atoms with Gasteiger partial charge in [-0.1, -0.05) is 12.1 Å². The fraction of sp³-hybridized carbons (Fsp3) is 0.150. The highest BCUT2D eigenvalue weighted by molar-refractivity contribution is 7.24. The van der Waals surface area contributed by atoms with Crippen molar-refractivity contribution in [1.82, 2.24) is 0 Å². The van der Waals surface area contributed by atoms with Gasteiger partial charge in [-0.25, -0.2) is 4.79 Å². The smallest absolute Gasteiger partial charge is 0.380 e. The van der Waals surface area contributed by atoms with E-state index in [2.05, 4.69) is 0 Å². The number of carbonyl (C=O) groups is 2. The van der Waals surface area contributed by atoms with Crippen LogP contribution in [0.1, 0.15) is 21.5 Å². The van der Waals surface area contributed by atoms with Crippen molar-refractivity contribution in [2.45, 2.75) is 13.8 Å². The number of aryl methyl sites for hydroxylation is 1. The van der Waals surface area contributed by atoms with Gasteiger partial charge in [0.15, 0.2) is 5.58 Å². The average Bonchev–Trinajstić information content (AvgIpc) is 3.27. The fourth-order valence-electron chi connectivity index (χ4n) is 2.90. The highest BCUT2D eigenvalue weighted by Crippen LogP contribution is 2.41. The predicted molar refractivity (Wildman–Crippen MR) is 107 cm³/mol. The quantitative estimate of drug-likeness (QED) is 0.281. The van der Waals surface area contributed by atoms with Crippen molar-refractivity contribution in [3.05, 3.63) is 56.4 Å². The number of esters is 1. The summed E-state index contributed by atoms with van der Waals surface area (Å²) < 4.78 is 10.7. The largest absolute Gasteiger partial charge is 0.460 e. The molecule has 0 aliphatic carbocycles. The number of thiophene rings is 2. The lowest BCUT2D eigenvalue weighted by molar-refractivity contribution is -0.137. The second-order valence-electron chi connectivity index (χ2n) is 5.83. The summed E-state index contributed by atoms with van der Waals surface area (Å²) in [4.78, 5) is 39.5. The Morgan fingerprint density at radius 3 is 2.67 bits per heavy atom. The summed E-state index contributed by atoms with van der Waals surface area (Å²) in [7, 11) is 0. The Balaban J connectivity index is 1.88. The first-order chi connectivity index (χ1) is 13.0. The van der Waals surface area contributed by atoms with Crippen LogP contribution in [-0.2, 0) is 9.53 Å². The number of benzene rings is 1. The van der Waals surface area contributed by atoms with Crippen LogP contribution in [0, 0.1) is 6.92 Å². The third-order valence-corrected chi connectivity index (χ3v) is 6.46. The van der Waals surface area contributed by atoms with E-state index < -0.39 is 11.8 Å². The minimum Gasteiger partial charge on any atom is -0.460 e. The van der Waals surface area contributed by atoms with Crippen LogP contribution in [0.3, 0.4) is 0 Å². The van der Waals surface area contributed by atoms with Crippen LogP contribution in [0.25, 0.3) is 31.7 Å². The van der Waals surface area contributed by atoms with Crippen LogP contribution in [-0.4, -0.2) is 18.4 Å². The van der Waals surface area contributed by atoms with E-state index >= 15 is 0 Å². The molecule has 0 saturated heterocycles. The number of hydrogen-bond acceptors (Lipinski definition) is 7. The van der Waals surface area contributed by atoms with Crippen molar-refractivity contribution in [2.75, 3.05) is 6.61 Å². The molecule has 0 bridgehead atoms. The summed E-state index contributed by atoms with van der Waals surface area (Å²) in [5.74, 6) is -1.55. The maximum atomic E-state index is 13.0. The molecule has 0 aliphatic rings. The molecule has 0 aliphatic heterocycles. The molecule has 4 rings (SSSR count). The van der Waals surface area contributed by atoms with Crippen LogP contribution < -0.4 is 5.43 Å². The zero-order chi connectivity index (χ0) is 19.1. The molecule has 5 nitrogen and oxygen atoms in total. The third-order valence-electron chi connectivity index (χ3n) is 4.11. The van der Waals surface area contributed by atoms with Gasteiger partial charge in [0.1, 0.15) is 5.58 Å². The normalized spacial score (nSPS) is 11.2. The van der Waals surface area contributed by atoms with Gasteiger partial charge in [-0.15, -0.1) is 22.7 Å². The number of fused-ring (bicyclic) bond motifs is 2. The average molecular weight is 398 g/mol. The van der Waals surface area contributed by atoms with E-state index in [0.29, 0.717) is 21.9 Å². The summed E-state index contributed by atoms with van der Waals surface area (Å²) >= 11 is 2.61. The Bertz CT molecular complexity index is 1260. The van der Waals surface area contributed by atoms with Gasteiger partial charge in [0, 0.05) is 9.75 Å². The van der Waals surface area contributed by atoms with Crippen molar-refractivity contribution in [1.29, 1.82) is 0 Å². The predicted octanol–water partition coefficient (Wildman–Crippen LogP) is 4.79. The summed E-state index contributed by atoms with van der Waals surface area (Å²) in [6.07, 6.45) is 0. The van der Waals surface area contributed by atoms with Gasteiger partial charge in [-0.05, 0) is 38.1 Å². The van der Waals surface area contributed by atoms with E-state index in [1.165, 1.54) is 22.7 Å². The molecule has 0 fully saturated rings. The lowest BCUT2D eigenvalue weighted by atomic mass is 10.1. The molecule has 0 amide bonds. The van der Waals surface area contributed by atoms with Crippen molar-refractivity contribution < 1.29 is 18.7 Å². The van der Waals surface area contributed by atoms with E-state index in [0.717, 1.165) is 14.6 Å². The van der Waals surface area contributed by atoms with Crippen LogP contribution in [0.15, 0.2) is 45.6 Å². The van der Waals surface area contributed by atoms with Gasteiger partial charge in [-0.3, -0.25) is 9.59 Å². The van der Waals surface area contributed by atoms with Crippen LogP contribution in [0.5, 0.6) is 0 Å². The molecule has 0 unspecified atom stereocenters. The number of ether oxygens (including phenoxy) is 1. The zero-order valence-corrected chi connectivity index (χ0v) is 16.2. The first kappa shape index (κ1) is 17.6. The first-order valence-electron chi connectivity index (χ1n) is 8.28. The highest BCUT2D eigenvalue weighted by atomic mass is 32.1. The molecule has 4 aromatic rings. The van der Waals surface area contributed by atoms with Gasteiger partial charge in [0.25, 0.3) is 5.78 Å². The van der Waals surface area contributed by atoms with E-state index in [4.69, 9.17) is 9.15 Å². The molecule has 7 heteroatoms. The molecule has 0 atom stereocenters. The monoisotopic (exact) mass is 398 g/mol. The molecule has 0 spiro atoms.